The van der Waals surface area contributed by atoms with Crippen LogP contribution in [0.3, 0.4) is 0 Å². The third-order valence-corrected chi connectivity index (χ3v) is 1.62. The topological polar surface area (TPSA) is 35.5 Å². The Balaban J connectivity index is 3.49. The Labute approximate surface area is 64.4 Å². The lowest BCUT2D eigenvalue weighted by atomic mass is 10.3. The standard InChI is InChI=1S/C6H14O3S/c1-4-6(5-8-2)9-10(3)7/h6H,4-5H2,1-3H3. The average molecular weight is 166 g/mol. The van der Waals surface area contributed by atoms with Crippen molar-refractivity contribution in [1.82, 2.24) is 0 Å². The lowest BCUT2D eigenvalue weighted by molar-refractivity contribution is 0.0886. The predicted molar refractivity (Wildman–Crippen MR) is 41.1 cm³/mol. The summed E-state index contributed by atoms with van der Waals surface area (Å²) < 4.78 is 20.3. The Morgan fingerprint density at radius 1 is 1.60 bits per heavy atom. The van der Waals surface area contributed by atoms with Gasteiger partial charge in [0.1, 0.15) is 0 Å². The van der Waals surface area contributed by atoms with Gasteiger partial charge in [0.15, 0.2) is 11.1 Å². The van der Waals surface area contributed by atoms with Crippen molar-refractivity contribution in [3.8, 4) is 0 Å². The van der Waals surface area contributed by atoms with Crippen LogP contribution in [0, 0.1) is 0 Å². The third-order valence-electron chi connectivity index (χ3n) is 1.08. The van der Waals surface area contributed by atoms with Gasteiger partial charge in [-0.3, -0.25) is 4.18 Å². The minimum absolute atomic E-state index is 0.0316. The van der Waals surface area contributed by atoms with Crippen molar-refractivity contribution in [3.63, 3.8) is 0 Å². The zero-order chi connectivity index (χ0) is 7.98. The van der Waals surface area contributed by atoms with E-state index in [9.17, 15) is 4.21 Å². The molecule has 0 saturated heterocycles. The number of hydrogen-bond donors (Lipinski definition) is 0. The molecule has 0 heterocycles. The van der Waals surface area contributed by atoms with Gasteiger partial charge in [0, 0.05) is 13.4 Å². The lowest BCUT2D eigenvalue weighted by Crippen LogP contribution is -2.18. The summed E-state index contributed by atoms with van der Waals surface area (Å²) in [5.74, 6) is 0. The van der Waals surface area contributed by atoms with Gasteiger partial charge in [-0.15, -0.1) is 0 Å². The molecule has 0 aromatic rings. The molecule has 10 heavy (non-hydrogen) atoms. The maximum atomic E-state index is 10.5. The van der Waals surface area contributed by atoms with E-state index < -0.39 is 11.1 Å². The number of rotatable bonds is 5. The fourth-order valence-electron chi connectivity index (χ4n) is 0.591. The van der Waals surface area contributed by atoms with E-state index in [1.807, 2.05) is 6.92 Å². The minimum atomic E-state index is -1.18. The van der Waals surface area contributed by atoms with Gasteiger partial charge in [-0.25, -0.2) is 4.21 Å². The SMILES string of the molecule is CCC(COC)OS(C)=O. The zero-order valence-electron chi connectivity index (χ0n) is 6.62. The second kappa shape index (κ2) is 5.82. The molecule has 0 radical (unpaired) electrons. The molecule has 4 heteroatoms. The van der Waals surface area contributed by atoms with Crippen LogP contribution in [-0.4, -0.2) is 30.3 Å². The highest BCUT2D eigenvalue weighted by atomic mass is 32.2. The molecule has 0 rings (SSSR count). The second-order valence-electron chi connectivity index (χ2n) is 1.98. The Bertz CT molecular complexity index is 105. The van der Waals surface area contributed by atoms with Crippen molar-refractivity contribution in [1.29, 1.82) is 0 Å². The molecule has 0 spiro atoms. The predicted octanol–water partition coefficient (Wildman–Crippen LogP) is 0.722. The van der Waals surface area contributed by atoms with Crippen LogP contribution in [0.2, 0.25) is 0 Å². The summed E-state index contributed by atoms with van der Waals surface area (Å²) in [6.45, 7) is 2.48. The molecule has 0 N–H and O–H groups in total. The molecule has 0 saturated carbocycles. The molecule has 0 aliphatic rings. The van der Waals surface area contributed by atoms with Gasteiger partial charge in [0.2, 0.25) is 0 Å². The first-order chi connectivity index (χ1) is 4.70. The fourth-order valence-corrected chi connectivity index (χ4v) is 1.17. The molecular formula is C6H14O3S. The van der Waals surface area contributed by atoms with Gasteiger partial charge in [-0.05, 0) is 6.42 Å². The molecule has 62 valence electrons. The minimum Gasteiger partial charge on any atom is -0.382 e. The Morgan fingerprint density at radius 3 is 2.50 bits per heavy atom. The number of methoxy groups -OCH3 is 1. The molecule has 2 atom stereocenters. The third kappa shape index (κ3) is 4.90. The normalized spacial score (nSPS) is 16.7. The molecule has 0 aliphatic carbocycles. The Morgan fingerprint density at radius 2 is 2.20 bits per heavy atom. The van der Waals surface area contributed by atoms with Gasteiger partial charge in [-0.2, -0.15) is 0 Å². The van der Waals surface area contributed by atoms with E-state index in [0.717, 1.165) is 6.42 Å². The summed E-state index contributed by atoms with van der Waals surface area (Å²) in [4.78, 5) is 0. The van der Waals surface area contributed by atoms with Crippen molar-refractivity contribution in [2.24, 2.45) is 0 Å². The van der Waals surface area contributed by atoms with E-state index in [2.05, 4.69) is 0 Å². The van der Waals surface area contributed by atoms with E-state index in [1.165, 1.54) is 6.26 Å². The zero-order valence-corrected chi connectivity index (χ0v) is 7.44. The van der Waals surface area contributed by atoms with Crippen LogP contribution in [0.25, 0.3) is 0 Å². The van der Waals surface area contributed by atoms with Crippen molar-refractivity contribution in [3.05, 3.63) is 0 Å². The van der Waals surface area contributed by atoms with E-state index in [1.54, 1.807) is 7.11 Å². The highest BCUT2D eigenvalue weighted by Gasteiger charge is 2.06. The molecule has 2 unspecified atom stereocenters. The molecule has 0 fully saturated rings. The van der Waals surface area contributed by atoms with E-state index in [4.69, 9.17) is 8.92 Å². The van der Waals surface area contributed by atoms with Gasteiger partial charge < -0.3 is 4.74 Å². The maximum absolute atomic E-state index is 10.5. The van der Waals surface area contributed by atoms with E-state index >= 15 is 0 Å². The summed E-state index contributed by atoms with van der Waals surface area (Å²) in [6, 6.07) is 0. The first kappa shape index (κ1) is 10.1. The summed E-state index contributed by atoms with van der Waals surface area (Å²) in [7, 11) is 1.60. The first-order valence-corrected chi connectivity index (χ1v) is 4.68. The Kier molecular flexibility index (Phi) is 5.87. The van der Waals surface area contributed by atoms with Crippen LogP contribution in [0.4, 0.5) is 0 Å². The van der Waals surface area contributed by atoms with Crippen LogP contribution < -0.4 is 0 Å². The van der Waals surface area contributed by atoms with E-state index in [0.29, 0.717) is 6.61 Å². The van der Waals surface area contributed by atoms with Gasteiger partial charge >= 0.3 is 0 Å². The smallest absolute Gasteiger partial charge is 0.152 e. The molecule has 0 aromatic heterocycles. The van der Waals surface area contributed by atoms with Crippen LogP contribution in [0.1, 0.15) is 13.3 Å². The van der Waals surface area contributed by atoms with Gasteiger partial charge in [0.05, 0.1) is 12.7 Å². The summed E-state index contributed by atoms with van der Waals surface area (Å²) in [5.41, 5.74) is 0. The average Bonchev–Trinajstić information content (AvgIpc) is 1.86. The van der Waals surface area contributed by atoms with Crippen molar-refractivity contribution in [2.45, 2.75) is 19.4 Å². The van der Waals surface area contributed by atoms with Crippen molar-refractivity contribution >= 4 is 11.1 Å². The summed E-state index contributed by atoms with van der Waals surface area (Å²) in [5, 5.41) is 0. The lowest BCUT2D eigenvalue weighted by Gasteiger charge is -2.11. The quantitative estimate of drug-likeness (QED) is 0.603. The maximum Gasteiger partial charge on any atom is 0.152 e. The van der Waals surface area contributed by atoms with E-state index in [-0.39, 0.29) is 6.10 Å². The van der Waals surface area contributed by atoms with Crippen LogP contribution in [-0.2, 0) is 20.0 Å². The summed E-state index contributed by atoms with van der Waals surface area (Å²) in [6.07, 6.45) is 2.31. The summed E-state index contributed by atoms with van der Waals surface area (Å²) >= 11 is -1.18. The highest BCUT2D eigenvalue weighted by molar-refractivity contribution is 7.79. The molecule has 0 bridgehead atoms. The monoisotopic (exact) mass is 166 g/mol. The van der Waals surface area contributed by atoms with Crippen LogP contribution >= 0.6 is 0 Å². The molecule has 0 aliphatic heterocycles. The van der Waals surface area contributed by atoms with Crippen LogP contribution in [0.5, 0.6) is 0 Å². The highest BCUT2D eigenvalue weighted by Crippen LogP contribution is 1.99. The molecule has 0 aromatic carbocycles. The van der Waals surface area contributed by atoms with Gasteiger partial charge in [-0.1, -0.05) is 6.92 Å². The second-order valence-corrected chi connectivity index (χ2v) is 2.98. The number of hydrogen-bond acceptors (Lipinski definition) is 3. The van der Waals surface area contributed by atoms with Gasteiger partial charge in [0.25, 0.3) is 0 Å². The molecule has 3 nitrogen and oxygen atoms in total. The molecular weight excluding hydrogens is 152 g/mol. The molecule has 0 amide bonds. The fraction of sp³-hybridized carbons (Fsp3) is 1.00. The largest absolute Gasteiger partial charge is 0.382 e. The van der Waals surface area contributed by atoms with Crippen LogP contribution in [0.15, 0.2) is 0 Å². The van der Waals surface area contributed by atoms with Crippen molar-refractivity contribution < 1.29 is 13.1 Å². The van der Waals surface area contributed by atoms with Crippen molar-refractivity contribution in [2.75, 3.05) is 20.0 Å². The first-order valence-electron chi connectivity index (χ1n) is 3.20. The Hall–Kier alpha value is 0.0700. The number of ether oxygens (including phenoxy) is 1.